The number of hydrogen-bond donors (Lipinski definition) is 2. The van der Waals surface area contributed by atoms with Crippen LogP contribution in [-0.4, -0.2) is 50.1 Å². The number of amides is 1. The zero-order valence-electron chi connectivity index (χ0n) is 13.0. The lowest BCUT2D eigenvalue weighted by atomic mass is 9.93. The second-order valence-corrected chi connectivity index (χ2v) is 5.66. The molecule has 4 nitrogen and oxygen atoms in total. The van der Waals surface area contributed by atoms with E-state index in [-0.39, 0.29) is 30.7 Å². The maximum Gasteiger partial charge on any atom is 0.220 e. The van der Waals surface area contributed by atoms with E-state index < -0.39 is 0 Å². The number of carbonyl (C=O) groups excluding carboxylic acids is 1. The van der Waals surface area contributed by atoms with Crippen LogP contribution in [0.4, 0.5) is 0 Å². The molecule has 0 saturated carbocycles. The van der Waals surface area contributed by atoms with Crippen molar-refractivity contribution in [2.24, 2.45) is 5.92 Å². The molecule has 0 atom stereocenters. The van der Waals surface area contributed by atoms with Gasteiger partial charge < -0.3 is 15.5 Å². The molecule has 0 spiro atoms. The SMILES string of the molecule is CC(C)N(C)CCNC(=O)CCC1CCNCC1.Cl.Cl. The number of nitrogens with one attached hydrogen (secondary N) is 2. The summed E-state index contributed by atoms with van der Waals surface area (Å²) in [7, 11) is 2.09. The lowest BCUT2D eigenvalue weighted by Crippen LogP contribution is -2.36. The lowest BCUT2D eigenvalue weighted by molar-refractivity contribution is -0.121. The monoisotopic (exact) mass is 327 g/mol. The van der Waals surface area contributed by atoms with Crippen LogP contribution in [0, 0.1) is 5.92 Å². The Kier molecular flexibility index (Phi) is 14.1. The Morgan fingerprint density at radius 3 is 2.45 bits per heavy atom. The summed E-state index contributed by atoms with van der Waals surface area (Å²) in [5, 5.41) is 6.37. The summed E-state index contributed by atoms with van der Waals surface area (Å²) in [5.74, 6) is 0.959. The predicted molar refractivity (Wildman–Crippen MR) is 90.1 cm³/mol. The Balaban J connectivity index is 0. The highest BCUT2D eigenvalue weighted by Crippen LogP contribution is 2.17. The van der Waals surface area contributed by atoms with E-state index in [0.29, 0.717) is 12.5 Å². The molecule has 1 heterocycles. The number of halogens is 2. The van der Waals surface area contributed by atoms with Crippen molar-refractivity contribution in [3.05, 3.63) is 0 Å². The van der Waals surface area contributed by atoms with Gasteiger partial charge in [0.05, 0.1) is 0 Å². The average Bonchev–Trinajstić information content (AvgIpc) is 2.37. The molecule has 20 heavy (non-hydrogen) atoms. The van der Waals surface area contributed by atoms with E-state index in [1.165, 1.54) is 12.8 Å². The fourth-order valence-electron chi connectivity index (χ4n) is 2.22. The zero-order valence-corrected chi connectivity index (χ0v) is 14.6. The van der Waals surface area contributed by atoms with Crippen molar-refractivity contribution in [1.82, 2.24) is 15.5 Å². The first-order valence-electron chi connectivity index (χ1n) is 7.27. The number of nitrogens with zero attached hydrogens (tertiary/aromatic N) is 1. The highest BCUT2D eigenvalue weighted by molar-refractivity contribution is 5.85. The molecule has 1 fully saturated rings. The van der Waals surface area contributed by atoms with Gasteiger partial charge in [0.25, 0.3) is 0 Å². The molecule has 6 heteroatoms. The molecular formula is C14H31Cl2N3O. The van der Waals surface area contributed by atoms with Crippen LogP contribution in [0.15, 0.2) is 0 Å². The molecule has 1 aliphatic rings. The number of piperidine rings is 1. The van der Waals surface area contributed by atoms with Gasteiger partial charge in [0, 0.05) is 25.6 Å². The summed E-state index contributed by atoms with van der Waals surface area (Å²) in [5.41, 5.74) is 0. The topological polar surface area (TPSA) is 44.4 Å². The van der Waals surface area contributed by atoms with Crippen LogP contribution < -0.4 is 10.6 Å². The van der Waals surface area contributed by atoms with E-state index in [9.17, 15) is 4.79 Å². The molecule has 122 valence electrons. The van der Waals surface area contributed by atoms with E-state index in [2.05, 4.69) is 36.4 Å². The summed E-state index contributed by atoms with van der Waals surface area (Å²) in [6.07, 6.45) is 4.19. The number of rotatable bonds is 7. The predicted octanol–water partition coefficient (Wildman–Crippen LogP) is 2.07. The molecule has 1 amide bonds. The summed E-state index contributed by atoms with van der Waals surface area (Å²) in [6.45, 7) is 8.26. The van der Waals surface area contributed by atoms with E-state index in [1.54, 1.807) is 0 Å². The maximum absolute atomic E-state index is 11.7. The minimum absolute atomic E-state index is 0. The first kappa shape index (κ1) is 22.3. The molecule has 0 aromatic heterocycles. The van der Waals surface area contributed by atoms with Crippen molar-refractivity contribution >= 4 is 30.7 Å². The van der Waals surface area contributed by atoms with Gasteiger partial charge in [-0.15, -0.1) is 24.8 Å². The van der Waals surface area contributed by atoms with Crippen LogP contribution in [0.25, 0.3) is 0 Å². The summed E-state index contributed by atoms with van der Waals surface area (Å²) < 4.78 is 0. The molecular weight excluding hydrogens is 297 g/mol. The third-order valence-electron chi connectivity index (χ3n) is 3.91. The third kappa shape index (κ3) is 9.81. The molecule has 0 radical (unpaired) electrons. The van der Waals surface area contributed by atoms with Crippen LogP contribution in [0.1, 0.15) is 39.5 Å². The molecule has 0 aromatic rings. The quantitative estimate of drug-likeness (QED) is 0.752. The van der Waals surface area contributed by atoms with E-state index >= 15 is 0 Å². The average molecular weight is 328 g/mol. The van der Waals surface area contributed by atoms with Crippen molar-refractivity contribution in [1.29, 1.82) is 0 Å². The molecule has 0 aliphatic carbocycles. The van der Waals surface area contributed by atoms with E-state index in [0.717, 1.165) is 38.5 Å². The van der Waals surface area contributed by atoms with Gasteiger partial charge in [0.15, 0.2) is 0 Å². The third-order valence-corrected chi connectivity index (χ3v) is 3.91. The fourth-order valence-corrected chi connectivity index (χ4v) is 2.22. The van der Waals surface area contributed by atoms with Crippen molar-refractivity contribution in [2.75, 3.05) is 33.2 Å². The van der Waals surface area contributed by atoms with Gasteiger partial charge in [0.2, 0.25) is 5.91 Å². The van der Waals surface area contributed by atoms with Crippen LogP contribution >= 0.6 is 24.8 Å². The standard InChI is InChI=1S/C14H29N3O.2ClH/c1-12(2)17(3)11-10-16-14(18)5-4-13-6-8-15-9-7-13;;/h12-13,15H,4-11H2,1-3H3,(H,16,18);2*1H. The molecule has 1 aliphatic heterocycles. The van der Waals surface area contributed by atoms with Gasteiger partial charge in [-0.1, -0.05) is 0 Å². The molecule has 0 bridgehead atoms. The van der Waals surface area contributed by atoms with Crippen LogP contribution in [0.3, 0.4) is 0 Å². The van der Waals surface area contributed by atoms with Crippen LogP contribution in [0.5, 0.6) is 0 Å². The molecule has 1 rings (SSSR count). The van der Waals surface area contributed by atoms with Crippen molar-refractivity contribution in [3.63, 3.8) is 0 Å². The summed E-state index contributed by atoms with van der Waals surface area (Å²) in [6, 6.07) is 0.539. The maximum atomic E-state index is 11.7. The van der Waals surface area contributed by atoms with Gasteiger partial charge in [-0.3, -0.25) is 4.79 Å². The normalized spacial score (nSPS) is 15.7. The van der Waals surface area contributed by atoms with E-state index in [1.807, 2.05) is 0 Å². The van der Waals surface area contributed by atoms with E-state index in [4.69, 9.17) is 0 Å². The Morgan fingerprint density at radius 2 is 1.90 bits per heavy atom. The minimum Gasteiger partial charge on any atom is -0.355 e. The molecule has 0 aromatic carbocycles. The number of likely N-dealkylation sites (N-methyl/N-ethyl adjacent to an activating group) is 1. The van der Waals surface area contributed by atoms with Gasteiger partial charge in [-0.2, -0.15) is 0 Å². The summed E-state index contributed by atoms with van der Waals surface area (Å²) in [4.78, 5) is 13.9. The highest BCUT2D eigenvalue weighted by atomic mass is 35.5. The number of hydrogen-bond acceptors (Lipinski definition) is 3. The Hall–Kier alpha value is -0.0300. The van der Waals surface area contributed by atoms with Gasteiger partial charge in [0.1, 0.15) is 0 Å². The molecule has 0 unspecified atom stereocenters. The molecule has 2 N–H and O–H groups in total. The Bertz CT molecular complexity index is 247. The van der Waals surface area contributed by atoms with Crippen molar-refractivity contribution in [3.8, 4) is 0 Å². The highest BCUT2D eigenvalue weighted by Gasteiger charge is 2.14. The molecule has 1 saturated heterocycles. The summed E-state index contributed by atoms with van der Waals surface area (Å²) >= 11 is 0. The van der Waals surface area contributed by atoms with Gasteiger partial charge >= 0.3 is 0 Å². The van der Waals surface area contributed by atoms with Crippen molar-refractivity contribution in [2.45, 2.75) is 45.6 Å². The van der Waals surface area contributed by atoms with Gasteiger partial charge in [-0.05, 0) is 59.2 Å². The Morgan fingerprint density at radius 1 is 1.30 bits per heavy atom. The lowest BCUT2D eigenvalue weighted by Gasteiger charge is -2.23. The second-order valence-electron chi connectivity index (χ2n) is 5.66. The van der Waals surface area contributed by atoms with Crippen molar-refractivity contribution < 1.29 is 4.79 Å². The first-order valence-corrected chi connectivity index (χ1v) is 7.27. The van der Waals surface area contributed by atoms with Gasteiger partial charge in [-0.25, -0.2) is 0 Å². The van der Waals surface area contributed by atoms with Crippen LogP contribution in [0.2, 0.25) is 0 Å². The Labute approximate surface area is 136 Å². The zero-order chi connectivity index (χ0) is 13.4. The second kappa shape index (κ2) is 12.7. The number of carbonyl (C=O) groups is 1. The largest absolute Gasteiger partial charge is 0.355 e. The van der Waals surface area contributed by atoms with Crippen LogP contribution in [-0.2, 0) is 4.79 Å². The first-order chi connectivity index (χ1) is 8.59. The smallest absolute Gasteiger partial charge is 0.220 e. The minimum atomic E-state index is 0. The fraction of sp³-hybridized carbons (Fsp3) is 0.929.